The van der Waals surface area contributed by atoms with Crippen LogP contribution in [0.2, 0.25) is 0 Å². The molecule has 3 aliphatic rings. The lowest BCUT2D eigenvalue weighted by Gasteiger charge is -2.33. The van der Waals surface area contributed by atoms with Crippen molar-refractivity contribution in [3.8, 4) is 0 Å². The number of unbranched alkanes of at least 4 members (excludes halogenated alkanes) is 3. The van der Waals surface area contributed by atoms with Crippen molar-refractivity contribution in [2.75, 3.05) is 43.1 Å². The van der Waals surface area contributed by atoms with Crippen molar-refractivity contribution in [1.29, 1.82) is 0 Å². The second-order valence-electron chi connectivity index (χ2n) is 11.0. The van der Waals surface area contributed by atoms with Crippen LogP contribution in [0.3, 0.4) is 0 Å². The van der Waals surface area contributed by atoms with Crippen molar-refractivity contribution in [2.24, 2.45) is 11.8 Å². The fourth-order valence-corrected chi connectivity index (χ4v) is 7.15. The molecule has 0 aromatic heterocycles. The second kappa shape index (κ2) is 12.3. The van der Waals surface area contributed by atoms with Crippen molar-refractivity contribution in [2.45, 2.75) is 89.9 Å². The van der Waals surface area contributed by atoms with Crippen LogP contribution in [0, 0.1) is 11.8 Å². The fraction of sp³-hybridized carbons (Fsp3) is 0.700. The molecule has 0 saturated carbocycles. The monoisotopic (exact) mass is 543 g/mol. The number of aliphatic hydroxyl groups is 1. The van der Waals surface area contributed by atoms with E-state index in [1.807, 2.05) is 31.2 Å². The molecule has 1 spiro atoms. The first-order valence-corrected chi connectivity index (χ1v) is 14.8. The maximum Gasteiger partial charge on any atom is 0.312 e. The number of fused-ring (bicyclic) bond motifs is 1. The summed E-state index contributed by atoms with van der Waals surface area (Å²) in [6, 6.07) is 6.92. The highest BCUT2D eigenvalue weighted by Gasteiger charge is 2.78. The van der Waals surface area contributed by atoms with Gasteiger partial charge in [-0.2, -0.15) is 0 Å². The maximum absolute atomic E-state index is 14.0. The first-order valence-electron chi connectivity index (χ1n) is 14.8. The van der Waals surface area contributed by atoms with E-state index < -0.39 is 35.0 Å². The Bertz CT molecular complexity index is 1030. The van der Waals surface area contributed by atoms with E-state index in [2.05, 4.69) is 24.1 Å². The van der Waals surface area contributed by atoms with E-state index in [0.29, 0.717) is 44.3 Å². The molecule has 1 aromatic rings. The van der Waals surface area contributed by atoms with Crippen LogP contribution in [-0.4, -0.2) is 77.9 Å². The largest absolute Gasteiger partial charge is 0.466 e. The van der Waals surface area contributed by atoms with E-state index in [4.69, 9.17) is 14.6 Å². The minimum absolute atomic E-state index is 0.139. The molecule has 3 heterocycles. The van der Waals surface area contributed by atoms with Gasteiger partial charge in [0.1, 0.15) is 17.6 Å². The summed E-state index contributed by atoms with van der Waals surface area (Å²) in [5, 5.41) is 12.2. The van der Waals surface area contributed by atoms with Crippen molar-refractivity contribution < 1.29 is 29.0 Å². The standard InChI is InChI=1S/C30H45N3O6/c1-5-29-17-18-30(39-29)23(24(29)28(37)38-8-4)27(36)33(19-11-9-10-12-20-34)25(30)26(35)31-21-13-15-22(16-14-21)32(6-2)7-3/h13-16,23-25,34H,5-12,17-20H2,1-4H3,(H,31,35)/t23-,24-,25?,29+,30?/m0/s1. The summed E-state index contributed by atoms with van der Waals surface area (Å²) in [4.78, 5) is 45.2. The van der Waals surface area contributed by atoms with Crippen LogP contribution in [0.5, 0.6) is 0 Å². The molecule has 4 rings (SSSR count). The van der Waals surface area contributed by atoms with E-state index in [9.17, 15) is 14.4 Å². The molecule has 2 N–H and O–H groups in total. The average molecular weight is 544 g/mol. The van der Waals surface area contributed by atoms with Crippen molar-refractivity contribution in [3.05, 3.63) is 24.3 Å². The van der Waals surface area contributed by atoms with Gasteiger partial charge >= 0.3 is 5.97 Å². The summed E-state index contributed by atoms with van der Waals surface area (Å²) in [6.45, 7) is 10.5. The summed E-state index contributed by atoms with van der Waals surface area (Å²) in [6.07, 6.45) is 4.84. The third kappa shape index (κ3) is 5.15. The van der Waals surface area contributed by atoms with Crippen LogP contribution in [0.25, 0.3) is 0 Å². The highest BCUT2D eigenvalue weighted by Crippen LogP contribution is 2.64. The molecule has 3 aliphatic heterocycles. The van der Waals surface area contributed by atoms with Gasteiger partial charge in [0.25, 0.3) is 0 Å². The Morgan fingerprint density at radius 1 is 1.08 bits per heavy atom. The maximum atomic E-state index is 14.0. The topological polar surface area (TPSA) is 108 Å². The number of nitrogens with one attached hydrogen (secondary N) is 1. The van der Waals surface area contributed by atoms with Crippen LogP contribution in [0.4, 0.5) is 11.4 Å². The summed E-state index contributed by atoms with van der Waals surface area (Å²) in [5.41, 5.74) is -0.104. The Hall–Kier alpha value is -2.65. The third-order valence-electron chi connectivity index (χ3n) is 9.04. The average Bonchev–Trinajstić information content (AvgIpc) is 3.54. The Morgan fingerprint density at radius 3 is 2.38 bits per heavy atom. The highest BCUT2D eigenvalue weighted by molar-refractivity contribution is 6.03. The number of rotatable bonds is 14. The van der Waals surface area contributed by atoms with E-state index in [1.165, 1.54) is 0 Å². The Kier molecular flexibility index (Phi) is 9.21. The fourth-order valence-electron chi connectivity index (χ4n) is 7.15. The molecule has 1 aromatic carbocycles. The number of nitrogens with zero attached hydrogens (tertiary/aromatic N) is 2. The van der Waals surface area contributed by atoms with Crippen LogP contribution >= 0.6 is 0 Å². The number of anilines is 2. The third-order valence-corrected chi connectivity index (χ3v) is 9.04. The normalized spacial score (nSPS) is 29.0. The number of carbonyl (C=O) groups is 3. The van der Waals surface area contributed by atoms with Gasteiger partial charge in [-0.3, -0.25) is 14.4 Å². The second-order valence-corrected chi connectivity index (χ2v) is 11.0. The number of esters is 1. The van der Waals surface area contributed by atoms with Crippen LogP contribution in [-0.2, 0) is 23.9 Å². The van der Waals surface area contributed by atoms with Crippen molar-refractivity contribution in [1.82, 2.24) is 4.90 Å². The lowest BCUT2D eigenvalue weighted by atomic mass is 9.65. The number of aliphatic hydroxyl groups excluding tert-OH is 1. The predicted octanol–water partition coefficient (Wildman–Crippen LogP) is 3.74. The lowest BCUT2D eigenvalue weighted by molar-refractivity contribution is -0.160. The summed E-state index contributed by atoms with van der Waals surface area (Å²) in [7, 11) is 0. The quantitative estimate of drug-likeness (QED) is 0.272. The zero-order valence-corrected chi connectivity index (χ0v) is 23.9. The van der Waals surface area contributed by atoms with Gasteiger partial charge in [-0.15, -0.1) is 0 Å². The molecule has 0 aliphatic carbocycles. The minimum Gasteiger partial charge on any atom is -0.466 e. The number of likely N-dealkylation sites (tertiary alicyclic amines) is 1. The Labute approximate surface area is 232 Å². The number of amides is 2. The number of ether oxygens (including phenoxy) is 2. The smallest absolute Gasteiger partial charge is 0.312 e. The van der Waals surface area contributed by atoms with Crippen LogP contribution in [0.15, 0.2) is 24.3 Å². The van der Waals surface area contributed by atoms with Crippen molar-refractivity contribution >= 4 is 29.2 Å². The molecule has 0 radical (unpaired) electrons. The molecule has 9 heteroatoms. The van der Waals surface area contributed by atoms with E-state index in [1.54, 1.807) is 11.8 Å². The van der Waals surface area contributed by atoms with Gasteiger partial charge in [-0.25, -0.2) is 0 Å². The van der Waals surface area contributed by atoms with Gasteiger partial charge in [0, 0.05) is 37.6 Å². The number of benzene rings is 1. The van der Waals surface area contributed by atoms with Gasteiger partial charge in [-0.1, -0.05) is 19.8 Å². The summed E-state index contributed by atoms with van der Waals surface area (Å²) in [5.74, 6) is -2.33. The van der Waals surface area contributed by atoms with Gasteiger partial charge in [0.15, 0.2) is 0 Å². The molecule has 2 amide bonds. The van der Waals surface area contributed by atoms with Gasteiger partial charge in [-0.05, 0) is 77.1 Å². The number of hydrogen-bond acceptors (Lipinski definition) is 7. The molecular formula is C30H45N3O6. The van der Waals surface area contributed by atoms with Gasteiger partial charge < -0.3 is 29.7 Å². The summed E-state index contributed by atoms with van der Waals surface area (Å²) >= 11 is 0. The molecule has 3 fully saturated rings. The number of hydrogen-bond donors (Lipinski definition) is 2. The van der Waals surface area contributed by atoms with Gasteiger partial charge in [0.05, 0.1) is 18.1 Å². The molecule has 2 unspecified atom stereocenters. The van der Waals surface area contributed by atoms with Gasteiger partial charge in [0.2, 0.25) is 11.8 Å². The first kappa shape index (κ1) is 29.3. The zero-order chi connectivity index (χ0) is 28.2. The predicted molar refractivity (Wildman–Crippen MR) is 149 cm³/mol. The van der Waals surface area contributed by atoms with Crippen LogP contribution < -0.4 is 10.2 Å². The zero-order valence-electron chi connectivity index (χ0n) is 23.9. The molecule has 2 bridgehead atoms. The molecule has 216 valence electrons. The lowest BCUT2D eigenvalue weighted by Crippen LogP contribution is -2.53. The van der Waals surface area contributed by atoms with E-state index in [-0.39, 0.29) is 25.0 Å². The molecular weight excluding hydrogens is 498 g/mol. The minimum atomic E-state index is -1.05. The molecule has 3 saturated heterocycles. The summed E-state index contributed by atoms with van der Waals surface area (Å²) < 4.78 is 12.2. The molecule has 39 heavy (non-hydrogen) atoms. The van der Waals surface area contributed by atoms with E-state index >= 15 is 0 Å². The Morgan fingerprint density at radius 2 is 1.77 bits per heavy atom. The molecule has 5 atom stereocenters. The first-order chi connectivity index (χ1) is 18.8. The van der Waals surface area contributed by atoms with Crippen LogP contribution in [0.1, 0.15) is 72.6 Å². The molecule has 9 nitrogen and oxygen atoms in total. The Balaban J connectivity index is 1.63. The van der Waals surface area contributed by atoms with E-state index in [0.717, 1.165) is 31.6 Å². The van der Waals surface area contributed by atoms with Crippen molar-refractivity contribution in [3.63, 3.8) is 0 Å². The SMILES string of the molecule is CCOC(=O)[C@@H]1[C@H]2C(=O)N(CCCCCCO)C(C(=O)Nc3ccc(N(CC)CC)cc3)C23CC[C@@]1(CC)O3. The highest BCUT2D eigenvalue weighted by atomic mass is 16.6. The number of carbonyl (C=O) groups excluding carboxylic acids is 3.